The first kappa shape index (κ1) is 17.9. The molecule has 1 amide bonds. The molecule has 7 nitrogen and oxygen atoms in total. The van der Waals surface area contributed by atoms with E-state index in [1.165, 1.54) is 22.3 Å². The highest BCUT2D eigenvalue weighted by atomic mass is 32.1. The summed E-state index contributed by atoms with van der Waals surface area (Å²) in [7, 11) is 1.56. The highest BCUT2D eigenvalue weighted by Crippen LogP contribution is 2.16. The molecule has 0 fully saturated rings. The van der Waals surface area contributed by atoms with Gasteiger partial charge in [0, 0.05) is 12.7 Å². The minimum Gasteiger partial charge on any atom is -0.334 e. The number of H-pyrrole nitrogens is 2. The number of aromatic amines is 2. The van der Waals surface area contributed by atoms with Crippen LogP contribution in [-0.2, 0) is 6.54 Å². The van der Waals surface area contributed by atoms with Crippen LogP contribution in [0.4, 0.5) is 0 Å². The number of carbonyl (C=O) groups excluding carboxylic acids is 1. The van der Waals surface area contributed by atoms with Gasteiger partial charge in [-0.2, -0.15) is 0 Å². The standard InChI is InChI=1S/C20H16N4O3S/c1-24(11-16-21-15-9-10-28-17(15)19(26)23-16)20(27)13-7-8-14(22-18(13)25)12-5-3-2-4-6-12/h2-10H,11H2,1H3,(H,22,25)(H,21,23,26). The van der Waals surface area contributed by atoms with Crippen molar-refractivity contribution in [2.45, 2.75) is 6.54 Å². The van der Waals surface area contributed by atoms with Gasteiger partial charge in [-0.3, -0.25) is 14.4 Å². The lowest BCUT2D eigenvalue weighted by Crippen LogP contribution is -2.32. The van der Waals surface area contributed by atoms with E-state index in [1.807, 2.05) is 30.3 Å². The van der Waals surface area contributed by atoms with Gasteiger partial charge in [-0.15, -0.1) is 11.3 Å². The maximum atomic E-state index is 12.7. The number of fused-ring (bicyclic) bond motifs is 1. The van der Waals surface area contributed by atoms with Crippen LogP contribution in [0.1, 0.15) is 16.2 Å². The number of carbonyl (C=O) groups is 1. The molecule has 0 radical (unpaired) electrons. The van der Waals surface area contributed by atoms with Gasteiger partial charge in [-0.05, 0) is 29.1 Å². The minimum atomic E-state index is -0.465. The summed E-state index contributed by atoms with van der Waals surface area (Å²) in [5.41, 5.74) is 1.42. The van der Waals surface area contributed by atoms with Gasteiger partial charge >= 0.3 is 0 Å². The number of rotatable bonds is 4. The smallest absolute Gasteiger partial charge is 0.268 e. The Bertz CT molecular complexity index is 1270. The molecule has 0 unspecified atom stereocenters. The van der Waals surface area contributed by atoms with E-state index in [0.717, 1.165) is 5.56 Å². The van der Waals surface area contributed by atoms with Crippen molar-refractivity contribution in [3.63, 3.8) is 0 Å². The fraction of sp³-hybridized carbons (Fsp3) is 0.100. The van der Waals surface area contributed by atoms with Gasteiger partial charge < -0.3 is 14.9 Å². The van der Waals surface area contributed by atoms with Crippen LogP contribution < -0.4 is 11.1 Å². The fourth-order valence-corrected chi connectivity index (χ4v) is 3.65. The van der Waals surface area contributed by atoms with Crippen LogP contribution in [0, 0.1) is 0 Å². The minimum absolute atomic E-state index is 0.0288. The van der Waals surface area contributed by atoms with Crippen LogP contribution >= 0.6 is 11.3 Å². The summed E-state index contributed by atoms with van der Waals surface area (Å²) in [5, 5.41) is 1.79. The van der Waals surface area contributed by atoms with Gasteiger partial charge in [0.05, 0.1) is 12.1 Å². The average Bonchev–Trinajstić information content (AvgIpc) is 3.17. The highest BCUT2D eigenvalue weighted by Gasteiger charge is 2.17. The molecule has 2 N–H and O–H groups in total. The number of thiophene rings is 1. The molecule has 0 saturated heterocycles. The van der Waals surface area contributed by atoms with E-state index in [9.17, 15) is 14.4 Å². The normalized spacial score (nSPS) is 10.9. The molecular weight excluding hydrogens is 376 g/mol. The summed E-state index contributed by atoms with van der Waals surface area (Å²) < 4.78 is 0.547. The predicted molar refractivity (Wildman–Crippen MR) is 109 cm³/mol. The third kappa shape index (κ3) is 3.37. The Morgan fingerprint density at radius 1 is 1.04 bits per heavy atom. The molecule has 4 rings (SSSR count). The van der Waals surface area contributed by atoms with Crippen molar-refractivity contribution in [2.24, 2.45) is 0 Å². The lowest BCUT2D eigenvalue weighted by Gasteiger charge is -2.16. The Hall–Kier alpha value is -3.52. The van der Waals surface area contributed by atoms with E-state index in [1.54, 1.807) is 24.6 Å². The molecule has 0 saturated carbocycles. The molecule has 0 aliphatic carbocycles. The Morgan fingerprint density at radius 2 is 1.82 bits per heavy atom. The molecular formula is C20H16N4O3S. The molecule has 3 aromatic heterocycles. The van der Waals surface area contributed by atoms with E-state index < -0.39 is 11.5 Å². The molecule has 1 aromatic carbocycles. The van der Waals surface area contributed by atoms with Crippen molar-refractivity contribution in [1.29, 1.82) is 0 Å². The van der Waals surface area contributed by atoms with Crippen LogP contribution in [-0.4, -0.2) is 32.8 Å². The first-order chi connectivity index (χ1) is 13.5. The topological polar surface area (TPSA) is 98.9 Å². The number of nitrogens with one attached hydrogen (secondary N) is 2. The van der Waals surface area contributed by atoms with E-state index in [2.05, 4.69) is 15.0 Å². The number of pyridine rings is 1. The molecule has 0 spiro atoms. The zero-order valence-electron chi connectivity index (χ0n) is 14.9. The first-order valence-electron chi connectivity index (χ1n) is 8.53. The Morgan fingerprint density at radius 3 is 2.57 bits per heavy atom. The van der Waals surface area contributed by atoms with Gasteiger partial charge in [0.1, 0.15) is 16.1 Å². The van der Waals surface area contributed by atoms with Gasteiger partial charge in [0.15, 0.2) is 0 Å². The highest BCUT2D eigenvalue weighted by molar-refractivity contribution is 7.17. The van der Waals surface area contributed by atoms with Crippen molar-refractivity contribution in [3.05, 3.63) is 86.0 Å². The molecule has 0 aliphatic heterocycles. The Labute approximate surface area is 163 Å². The van der Waals surface area contributed by atoms with Crippen LogP contribution in [0.5, 0.6) is 0 Å². The summed E-state index contributed by atoms with van der Waals surface area (Å²) >= 11 is 1.31. The first-order valence-corrected chi connectivity index (χ1v) is 9.41. The maximum Gasteiger partial charge on any atom is 0.268 e. The van der Waals surface area contributed by atoms with Gasteiger partial charge in [-0.25, -0.2) is 4.98 Å². The summed E-state index contributed by atoms with van der Waals surface area (Å²) in [6.45, 7) is 0.0831. The molecule has 0 atom stereocenters. The van der Waals surface area contributed by atoms with Crippen molar-refractivity contribution in [3.8, 4) is 11.3 Å². The van der Waals surface area contributed by atoms with Gasteiger partial charge in [0.2, 0.25) is 0 Å². The van der Waals surface area contributed by atoms with Crippen molar-refractivity contribution in [1.82, 2.24) is 19.9 Å². The van der Waals surface area contributed by atoms with Crippen LogP contribution in [0.15, 0.2) is 63.5 Å². The summed E-state index contributed by atoms with van der Waals surface area (Å²) in [4.78, 5) is 48.3. The molecule has 0 bridgehead atoms. The molecule has 8 heteroatoms. The summed E-state index contributed by atoms with van der Waals surface area (Å²) in [6, 6.07) is 14.4. The third-order valence-corrected chi connectivity index (χ3v) is 5.22. The maximum absolute atomic E-state index is 12.7. The van der Waals surface area contributed by atoms with Gasteiger partial charge in [-0.1, -0.05) is 30.3 Å². The number of aromatic nitrogens is 3. The third-order valence-electron chi connectivity index (χ3n) is 4.32. The second-order valence-electron chi connectivity index (χ2n) is 6.29. The van der Waals surface area contributed by atoms with Crippen molar-refractivity contribution < 1.29 is 4.79 Å². The van der Waals surface area contributed by atoms with E-state index >= 15 is 0 Å². The zero-order valence-corrected chi connectivity index (χ0v) is 15.7. The lowest BCUT2D eigenvalue weighted by molar-refractivity contribution is 0.0780. The van der Waals surface area contributed by atoms with Crippen LogP contribution in [0.3, 0.4) is 0 Å². The molecule has 3 heterocycles. The largest absolute Gasteiger partial charge is 0.334 e. The molecule has 4 aromatic rings. The number of nitrogens with zero attached hydrogens (tertiary/aromatic N) is 2. The average molecular weight is 392 g/mol. The van der Waals surface area contributed by atoms with Crippen LogP contribution in [0.25, 0.3) is 21.5 Å². The summed E-state index contributed by atoms with van der Waals surface area (Å²) in [6.07, 6.45) is 0. The van der Waals surface area contributed by atoms with Crippen molar-refractivity contribution >= 4 is 27.5 Å². The predicted octanol–water partition coefficient (Wildman–Crippen LogP) is 2.61. The zero-order chi connectivity index (χ0) is 19.7. The number of hydrogen-bond donors (Lipinski definition) is 2. The SMILES string of the molecule is CN(Cc1nc2ccsc2c(=O)[nH]1)C(=O)c1ccc(-c2ccccc2)[nH]c1=O. The van der Waals surface area contributed by atoms with E-state index in [-0.39, 0.29) is 17.7 Å². The second-order valence-corrected chi connectivity index (χ2v) is 7.21. The molecule has 28 heavy (non-hydrogen) atoms. The second kappa shape index (κ2) is 7.24. The number of amides is 1. The number of benzene rings is 1. The fourth-order valence-electron chi connectivity index (χ4n) is 2.93. The lowest BCUT2D eigenvalue weighted by atomic mass is 10.1. The molecule has 140 valence electrons. The quantitative estimate of drug-likeness (QED) is 0.558. The van der Waals surface area contributed by atoms with Crippen LogP contribution in [0.2, 0.25) is 0 Å². The molecule has 0 aliphatic rings. The van der Waals surface area contributed by atoms with E-state index in [4.69, 9.17) is 0 Å². The van der Waals surface area contributed by atoms with E-state index in [0.29, 0.717) is 21.7 Å². The summed E-state index contributed by atoms with van der Waals surface area (Å²) in [5.74, 6) is -0.0852. The Balaban J connectivity index is 1.58. The number of hydrogen-bond acceptors (Lipinski definition) is 5. The monoisotopic (exact) mass is 392 g/mol. The Kier molecular flexibility index (Phi) is 4.62. The van der Waals surface area contributed by atoms with Gasteiger partial charge in [0.25, 0.3) is 17.0 Å². The van der Waals surface area contributed by atoms with Crippen molar-refractivity contribution in [2.75, 3.05) is 7.05 Å².